The van der Waals surface area contributed by atoms with Crippen molar-refractivity contribution in [1.29, 1.82) is 0 Å². The van der Waals surface area contributed by atoms with Gasteiger partial charge < -0.3 is 14.2 Å². The summed E-state index contributed by atoms with van der Waals surface area (Å²) in [6, 6.07) is 0. The molecule has 0 aromatic rings. The molecule has 6 heteroatoms. The Morgan fingerprint density at radius 1 is 0.253 bits per heavy atom. The summed E-state index contributed by atoms with van der Waals surface area (Å²) in [5.41, 5.74) is 0. The fourth-order valence-electron chi connectivity index (χ4n) is 9.71. The second-order valence-corrected chi connectivity index (χ2v) is 23.1. The highest BCUT2D eigenvalue weighted by molar-refractivity contribution is 5.71. The van der Waals surface area contributed by atoms with Gasteiger partial charge in [-0.05, 0) is 122 Å². The van der Waals surface area contributed by atoms with E-state index in [2.05, 4.69) is 136 Å². The molecule has 0 amide bonds. The van der Waals surface area contributed by atoms with E-state index in [4.69, 9.17) is 14.2 Å². The average molecular weight is 1150 g/mol. The molecule has 0 saturated carbocycles. The van der Waals surface area contributed by atoms with Crippen molar-refractivity contribution in [3.05, 3.63) is 122 Å². The highest BCUT2D eigenvalue weighted by Crippen LogP contribution is 2.17. The van der Waals surface area contributed by atoms with Crippen LogP contribution in [0.3, 0.4) is 0 Å². The molecule has 1 unspecified atom stereocenters. The van der Waals surface area contributed by atoms with Crippen LogP contribution in [0.25, 0.3) is 0 Å². The average Bonchev–Trinajstić information content (AvgIpc) is 3.49. The molecule has 0 bridgehead atoms. The fraction of sp³-hybridized carbons (Fsp3) is 0.701. The number of esters is 3. The van der Waals surface area contributed by atoms with Gasteiger partial charge in [-0.1, -0.05) is 309 Å². The molecule has 0 aliphatic heterocycles. The van der Waals surface area contributed by atoms with Gasteiger partial charge in [0.1, 0.15) is 13.2 Å². The molecule has 83 heavy (non-hydrogen) atoms. The minimum Gasteiger partial charge on any atom is -0.462 e. The molecule has 6 nitrogen and oxygen atoms in total. The van der Waals surface area contributed by atoms with Gasteiger partial charge in [0.25, 0.3) is 0 Å². The molecule has 0 aliphatic carbocycles. The molecule has 0 rings (SSSR count). The third-order valence-corrected chi connectivity index (χ3v) is 14.9. The molecule has 1 atom stereocenters. The maximum atomic E-state index is 12.9. The zero-order valence-electron chi connectivity index (χ0n) is 54.4. The second kappa shape index (κ2) is 70.3. The summed E-state index contributed by atoms with van der Waals surface area (Å²) in [4.78, 5) is 38.4. The maximum Gasteiger partial charge on any atom is 0.306 e. The Morgan fingerprint density at radius 2 is 0.494 bits per heavy atom. The number of allylic oxidation sites excluding steroid dienone is 20. The summed E-state index contributed by atoms with van der Waals surface area (Å²) in [7, 11) is 0. The van der Waals surface area contributed by atoms with Crippen LogP contribution in [-0.2, 0) is 28.6 Å². The maximum absolute atomic E-state index is 12.9. The summed E-state index contributed by atoms with van der Waals surface area (Å²) in [6.07, 6.45) is 98.2. The van der Waals surface area contributed by atoms with Crippen LogP contribution >= 0.6 is 0 Å². The van der Waals surface area contributed by atoms with Crippen LogP contribution < -0.4 is 0 Å². The van der Waals surface area contributed by atoms with E-state index in [1.807, 2.05) is 6.08 Å². The van der Waals surface area contributed by atoms with Crippen molar-refractivity contribution in [1.82, 2.24) is 0 Å². The lowest BCUT2D eigenvalue weighted by molar-refractivity contribution is -0.166. The number of carbonyl (C=O) groups is 3. The fourth-order valence-corrected chi connectivity index (χ4v) is 9.71. The van der Waals surface area contributed by atoms with Gasteiger partial charge in [-0.2, -0.15) is 0 Å². The first kappa shape index (κ1) is 78.8. The van der Waals surface area contributed by atoms with Crippen LogP contribution in [0, 0.1) is 0 Å². The quantitative estimate of drug-likeness (QED) is 0.0261. The standard InChI is InChI=1S/C77H130O6/c1-4-7-10-13-16-19-22-25-28-30-32-33-34-35-36-37-38-39-40-41-42-43-45-46-49-52-55-58-61-64-67-70-76(79)82-73-74(72-81-75(78)69-66-63-60-57-54-51-48-27-24-21-18-15-12-9-6-3)83-77(80)71-68-65-62-59-56-53-50-47-44-31-29-26-23-20-17-14-11-8-5-2/h8,11,17-18,20-22,25-27,29-30,32,44,47-48,53,56,62,65,74H,4-7,9-10,12-16,19,23-24,28,31,33-43,45-46,49-52,54-55,57-61,63-64,66-73H2,1-3H3/b11-8-,20-17-,21-18-,25-22-,29-26-,32-30-,47-44-,48-27-,56-53-,65-62-. The lowest BCUT2D eigenvalue weighted by Gasteiger charge is -2.18. The Labute approximate surface area is 513 Å². The Hall–Kier alpha value is -4.19. The van der Waals surface area contributed by atoms with Crippen molar-refractivity contribution in [2.75, 3.05) is 13.2 Å². The molecular formula is C77H130O6. The molecule has 0 saturated heterocycles. The van der Waals surface area contributed by atoms with Crippen molar-refractivity contribution < 1.29 is 28.6 Å². The van der Waals surface area contributed by atoms with Crippen molar-refractivity contribution in [2.45, 2.75) is 335 Å². The van der Waals surface area contributed by atoms with Crippen molar-refractivity contribution in [2.24, 2.45) is 0 Å². The molecule has 474 valence electrons. The molecule has 0 aromatic carbocycles. The van der Waals surface area contributed by atoms with Gasteiger partial charge >= 0.3 is 17.9 Å². The van der Waals surface area contributed by atoms with Gasteiger partial charge in [0.05, 0.1) is 0 Å². The van der Waals surface area contributed by atoms with Crippen molar-refractivity contribution >= 4 is 17.9 Å². The number of unbranched alkanes of at least 4 members (excludes halogenated alkanes) is 32. The molecular weight excluding hydrogens is 1020 g/mol. The van der Waals surface area contributed by atoms with Gasteiger partial charge in [-0.15, -0.1) is 0 Å². The highest BCUT2D eigenvalue weighted by Gasteiger charge is 2.19. The second-order valence-electron chi connectivity index (χ2n) is 23.1. The summed E-state index contributed by atoms with van der Waals surface area (Å²) in [5.74, 6) is -1.00. The predicted molar refractivity (Wildman–Crippen MR) is 362 cm³/mol. The van der Waals surface area contributed by atoms with Crippen LogP contribution in [-0.4, -0.2) is 37.2 Å². The Bertz CT molecular complexity index is 1700. The van der Waals surface area contributed by atoms with Gasteiger partial charge in [-0.3, -0.25) is 14.4 Å². The third kappa shape index (κ3) is 68.5. The van der Waals surface area contributed by atoms with E-state index in [0.717, 1.165) is 109 Å². The first-order valence-corrected chi connectivity index (χ1v) is 35.0. The number of carbonyl (C=O) groups excluding carboxylic acids is 3. The number of hydrogen-bond donors (Lipinski definition) is 0. The molecule has 0 radical (unpaired) electrons. The lowest BCUT2D eigenvalue weighted by atomic mass is 10.0. The topological polar surface area (TPSA) is 78.9 Å². The smallest absolute Gasteiger partial charge is 0.306 e. The monoisotopic (exact) mass is 1150 g/mol. The normalized spacial score (nSPS) is 12.9. The number of ether oxygens (including phenoxy) is 3. The van der Waals surface area contributed by atoms with Gasteiger partial charge in [0, 0.05) is 19.3 Å². The number of hydrogen-bond acceptors (Lipinski definition) is 6. The van der Waals surface area contributed by atoms with Crippen LogP contribution in [0.1, 0.15) is 329 Å². The largest absolute Gasteiger partial charge is 0.462 e. The third-order valence-electron chi connectivity index (χ3n) is 14.9. The van der Waals surface area contributed by atoms with E-state index < -0.39 is 12.1 Å². The van der Waals surface area contributed by atoms with E-state index in [1.165, 1.54) is 173 Å². The van der Waals surface area contributed by atoms with E-state index in [1.54, 1.807) is 0 Å². The SMILES string of the molecule is CC/C=C\C/C=C\C/C=C\C/C=C\C/C=C\C/C=C\CCC(=O)OC(COC(=O)CCCCCCC/C=C\C/C=C\CCCCC)COC(=O)CCCCCCCCCCCCCCCCCCCCC/C=C\C/C=C\CCCCCCC. The summed E-state index contributed by atoms with van der Waals surface area (Å²) in [6.45, 7) is 6.44. The molecule has 0 aromatic heterocycles. The lowest BCUT2D eigenvalue weighted by Crippen LogP contribution is -2.30. The Kier molecular flexibility index (Phi) is 66.7. The van der Waals surface area contributed by atoms with Gasteiger partial charge in [0.2, 0.25) is 0 Å². The van der Waals surface area contributed by atoms with Crippen LogP contribution in [0.4, 0.5) is 0 Å². The minimum atomic E-state index is -0.828. The van der Waals surface area contributed by atoms with Gasteiger partial charge in [-0.25, -0.2) is 0 Å². The van der Waals surface area contributed by atoms with E-state index in [-0.39, 0.29) is 31.6 Å². The van der Waals surface area contributed by atoms with E-state index in [0.29, 0.717) is 19.3 Å². The van der Waals surface area contributed by atoms with Crippen LogP contribution in [0.15, 0.2) is 122 Å². The highest BCUT2D eigenvalue weighted by atomic mass is 16.6. The van der Waals surface area contributed by atoms with Crippen LogP contribution in [0.5, 0.6) is 0 Å². The zero-order valence-corrected chi connectivity index (χ0v) is 54.4. The Balaban J connectivity index is 4.32. The molecule has 0 fully saturated rings. The zero-order chi connectivity index (χ0) is 59.9. The van der Waals surface area contributed by atoms with E-state index >= 15 is 0 Å². The van der Waals surface area contributed by atoms with E-state index in [9.17, 15) is 14.4 Å². The summed E-state index contributed by atoms with van der Waals surface area (Å²) >= 11 is 0. The molecule has 0 aliphatic rings. The van der Waals surface area contributed by atoms with Crippen molar-refractivity contribution in [3.63, 3.8) is 0 Å². The summed E-state index contributed by atoms with van der Waals surface area (Å²) < 4.78 is 16.9. The minimum absolute atomic E-state index is 0.113. The number of rotatable bonds is 63. The Morgan fingerprint density at radius 3 is 0.807 bits per heavy atom. The molecule has 0 heterocycles. The summed E-state index contributed by atoms with van der Waals surface area (Å²) in [5, 5.41) is 0. The van der Waals surface area contributed by atoms with Crippen molar-refractivity contribution in [3.8, 4) is 0 Å². The first-order valence-electron chi connectivity index (χ1n) is 35.0. The van der Waals surface area contributed by atoms with Crippen LogP contribution in [0.2, 0.25) is 0 Å². The first-order chi connectivity index (χ1) is 41.0. The molecule has 0 N–H and O–H groups in total. The molecule has 0 spiro atoms. The predicted octanol–water partition coefficient (Wildman–Crippen LogP) is 24.3. The van der Waals surface area contributed by atoms with Gasteiger partial charge in [0.15, 0.2) is 6.10 Å².